The van der Waals surface area contributed by atoms with Crippen LogP contribution in [0.15, 0.2) is 51.7 Å². The number of hydrogen-bond donors (Lipinski definition) is 1. The number of hydrogen-bond acceptors (Lipinski definition) is 4. The van der Waals surface area contributed by atoms with E-state index in [2.05, 4.69) is 21.0 Å². The molecule has 3 rings (SSSR count). The average molecular weight is 446 g/mol. The van der Waals surface area contributed by atoms with Crippen LogP contribution < -0.4 is 5.69 Å². The van der Waals surface area contributed by atoms with Crippen molar-refractivity contribution in [1.82, 2.24) is 14.3 Å². The van der Waals surface area contributed by atoms with Gasteiger partial charge in [0.2, 0.25) is 0 Å². The van der Waals surface area contributed by atoms with Gasteiger partial charge in [0.25, 0.3) is 0 Å². The summed E-state index contributed by atoms with van der Waals surface area (Å²) in [7, 11) is 0. The van der Waals surface area contributed by atoms with E-state index in [-0.39, 0.29) is 17.9 Å². The Labute approximate surface area is 170 Å². The average Bonchev–Trinajstić information content (AvgIpc) is 2.99. The van der Waals surface area contributed by atoms with E-state index >= 15 is 0 Å². The molecule has 8 heteroatoms. The van der Waals surface area contributed by atoms with Gasteiger partial charge in [-0.2, -0.15) is 4.68 Å². The normalized spacial score (nSPS) is 11.0. The number of aromatic nitrogens is 3. The lowest BCUT2D eigenvalue weighted by molar-refractivity contribution is 0.0695. The summed E-state index contributed by atoms with van der Waals surface area (Å²) in [6.45, 7) is 4.62. The van der Waals surface area contributed by atoms with E-state index in [1.54, 1.807) is 19.1 Å². The fraction of sp³-hybridized carbons (Fsp3) is 0.250. The molecule has 0 saturated carbocycles. The van der Waals surface area contributed by atoms with Crippen LogP contribution in [0, 0.1) is 6.92 Å². The molecule has 1 N–H and O–H groups in total. The first kappa shape index (κ1) is 20.0. The number of benzene rings is 2. The first-order chi connectivity index (χ1) is 13.4. The van der Waals surface area contributed by atoms with Crippen molar-refractivity contribution in [1.29, 1.82) is 0 Å². The number of halogens is 1. The minimum Gasteiger partial charge on any atom is -0.478 e. The second-order valence-electron chi connectivity index (χ2n) is 6.28. The molecule has 1 aromatic heterocycles. The molecule has 28 heavy (non-hydrogen) atoms. The maximum absolute atomic E-state index is 12.8. The largest absolute Gasteiger partial charge is 0.478 e. The van der Waals surface area contributed by atoms with Crippen molar-refractivity contribution in [3.8, 4) is 5.69 Å². The summed E-state index contributed by atoms with van der Waals surface area (Å²) in [6.07, 6.45) is 0. The predicted octanol–water partition coefficient (Wildman–Crippen LogP) is 3.54. The zero-order valence-corrected chi connectivity index (χ0v) is 17.1. The van der Waals surface area contributed by atoms with Crippen LogP contribution in [0.4, 0.5) is 0 Å². The number of nitrogens with zero attached hydrogens (tertiary/aromatic N) is 3. The highest BCUT2D eigenvalue weighted by Crippen LogP contribution is 2.26. The molecule has 0 atom stereocenters. The van der Waals surface area contributed by atoms with Gasteiger partial charge in [0.05, 0.1) is 22.3 Å². The maximum atomic E-state index is 12.8. The van der Waals surface area contributed by atoms with E-state index in [1.807, 2.05) is 37.3 Å². The number of rotatable bonds is 7. The lowest BCUT2D eigenvalue weighted by Gasteiger charge is -2.08. The molecule has 1 heterocycles. The molecule has 7 nitrogen and oxygen atoms in total. The second-order valence-corrected chi connectivity index (χ2v) is 7.08. The molecule has 0 fully saturated rings. The van der Waals surface area contributed by atoms with E-state index in [9.17, 15) is 14.7 Å². The molecule has 0 unspecified atom stereocenters. The molecule has 0 aliphatic carbocycles. The van der Waals surface area contributed by atoms with Crippen LogP contribution in [-0.4, -0.2) is 25.4 Å². The molecule has 0 aliphatic rings. The van der Waals surface area contributed by atoms with Gasteiger partial charge in [-0.3, -0.25) is 4.57 Å². The quantitative estimate of drug-likeness (QED) is 0.600. The predicted molar refractivity (Wildman–Crippen MR) is 108 cm³/mol. The molecule has 0 saturated heterocycles. The number of aryl methyl sites for hydroxylation is 1. The summed E-state index contributed by atoms with van der Waals surface area (Å²) in [6, 6.07) is 13.0. The van der Waals surface area contributed by atoms with Crippen LogP contribution in [0.5, 0.6) is 0 Å². The Morgan fingerprint density at radius 3 is 2.57 bits per heavy atom. The number of carboxylic acid groups (broad SMARTS) is 1. The SMILES string of the molecule is CCn1c(COCc2ccccc2)nn(-c2cc(C)cc(C(=O)O)c2Br)c1=O. The van der Waals surface area contributed by atoms with E-state index < -0.39 is 5.97 Å². The number of carboxylic acids is 1. The zero-order chi connectivity index (χ0) is 20.3. The van der Waals surface area contributed by atoms with E-state index in [4.69, 9.17) is 4.74 Å². The van der Waals surface area contributed by atoms with Crippen LogP contribution in [0.2, 0.25) is 0 Å². The molecule has 2 aromatic carbocycles. The number of ether oxygens (including phenoxy) is 1. The van der Waals surface area contributed by atoms with Gasteiger partial charge in [0.1, 0.15) is 6.61 Å². The molecular formula is C20H20BrN3O4. The highest BCUT2D eigenvalue weighted by Gasteiger charge is 2.19. The molecule has 146 valence electrons. The minimum atomic E-state index is -1.08. The fourth-order valence-electron chi connectivity index (χ4n) is 2.91. The second kappa shape index (κ2) is 8.53. The Balaban J connectivity index is 1.94. The highest BCUT2D eigenvalue weighted by molar-refractivity contribution is 9.10. The Morgan fingerprint density at radius 1 is 1.21 bits per heavy atom. The summed E-state index contributed by atoms with van der Waals surface area (Å²) in [5, 5.41) is 13.8. The molecule has 0 amide bonds. The van der Waals surface area contributed by atoms with Crippen LogP contribution in [0.3, 0.4) is 0 Å². The number of carbonyl (C=O) groups is 1. The Morgan fingerprint density at radius 2 is 1.93 bits per heavy atom. The Kier molecular flexibility index (Phi) is 6.11. The van der Waals surface area contributed by atoms with Crippen molar-refractivity contribution in [2.75, 3.05) is 0 Å². The van der Waals surface area contributed by atoms with Crippen molar-refractivity contribution in [3.63, 3.8) is 0 Å². The standard InChI is InChI=1S/C20H20BrN3O4/c1-3-23-17(12-28-11-14-7-5-4-6-8-14)22-24(20(23)27)16-10-13(2)9-15(18(16)21)19(25)26/h4-10H,3,11-12H2,1-2H3,(H,25,26). The lowest BCUT2D eigenvalue weighted by atomic mass is 10.1. The molecule has 0 spiro atoms. The van der Waals surface area contributed by atoms with Crippen molar-refractivity contribution in [2.45, 2.75) is 33.6 Å². The van der Waals surface area contributed by atoms with Crippen molar-refractivity contribution in [2.24, 2.45) is 0 Å². The van der Waals surface area contributed by atoms with E-state index in [0.29, 0.717) is 29.1 Å². The Hall–Kier alpha value is -2.71. The third-order valence-corrected chi connectivity index (χ3v) is 5.09. The molecular weight excluding hydrogens is 426 g/mol. The van der Waals surface area contributed by atoms with Gasteiger partial charge in [-0.15, -0.1) is 5.10 Å². The van der Waals surface area contributed by atoms with Gasteiger partial charge in [-0.05, 0) is 53.0 Å². The summed E-state index contributed by atoms with van der Waals surface area (Å²) in [5.41, 5.74) is 1.87. The van der Waals surface area contributed by atoms with Crippen molar-refractivity contribution in [3.05, 3.63) is 79.9 Å². The Bertz CT molecular complexity index is 1060. The zero-order valence-electron chi connectivity index (χ0n) is 15.6. The van der Waals surface area contributed by atoms with E-state index in [1.165, 1.54) is 9.25 Å². The number of aromatic carboxylic acids is 1. The molecule has 3 aromatic rings. The minimum absolute atomic E-state index is 0.0785. The topological polar surface area (TPSA) is 86.3 Å². The molecule has 0 bridgehead atoms. The van der Waals surface area contributed by atoms with Crippen molar-refractivity contribution < 1.29 is 14.6 Å². The van der Waals surface area contributed by atoms with E-state index in [0.717, 1.165) is 11.1 Å². The maximum Gasteiger partial charge on any atom is 0.350 e. The van der Waals surface area contributed by atoms with Gasteiger partial charge < -0.3 is 9.84 Å². The molecule has 0 aliphatic heterocycles. The summed E-state index contributed by atoms with van der Waals surface area (Å²) >= 11 is 3.30. The fourth-order valence-corrected chi connectivity index (χ4v) is 3.48. The summed E-state index contributed by atoms with van der Waals surface area (Å²) in [4.78, 5) is 24.3. The van der Waals surface area contributed by atoms with Crippen LogP contribution >= 0.6 is 15.9 Å². The summed E-state index contributed by atoms with van der Waals surface area (Å²) in [5.74, 6) is -0.597. The van der Waals surface area contributed by atoms with Gasteiger partial charge in [0, 0.05) is 6.54 Å². The smallest absolute Gasteiger partial charge is 0.350 e. The van der Waals surface area contributed by atoms with Crippen LogP contribution in [-0.2, 0) is 24.5 Å². The van der Waals surface area contributed by atoms with Crippen LogP contribution in [0.1, 0.15) is 34.2 Å². The third-order valence-electron chi connectivity index (χ3n) is 4.25. The lowest BCUT2D eigenvalue weighted by Crippen LogP contribution is -2.24. The first-order valence-electron chi connectivity index (χ1n) is 8.76. The van der Waals surface area contributed by atoms with Gasteiger partial charge in [-0.25, -0.2) is 9.59 Å². The molecule has 0 radical (unpaired) electrons. The van der Waals surface area contributed by atoms with Crippen LogP contribution in [0.25, 0.3) is 5.69 Å². The highest BCUT2D eigenvalue weighted by atomic mass is 79.9. The summed E-state index contributed by atoms with van der Waals surface area (Å²) < 4.78 is 8.77. The third kappa shape index (κ3) is 4.07. The van der Waals surface area contributed by atoms with Gasteiger partial charge >= 0.3 is 11.7 Å². The first-order valence-corrected chi connectivity index (χ1v) is 9.56. The van der Waals surface area contributed by atoms with Crippen molar-refractivity contribution >= 4 is 21.9 Å². The van der Waals surface area contributed by atoms with Gasteiger partial charge in [-0.1, -0.05) is 30.3 Å². The monoisotopic (exact) mass is 445 g/mol. The van der Waals surface area contributed by atoms with Gasteiger partial charge in [0.15, 0.2) is 5.82 Å².